The molecule has 0 saturated heterocycles. The lowest BCUT2D eigenvalue weighted by atomic mass is 9.70. The van der Waals surface area contributed by atoms with Crippen molar-refractivity contribution in [1.29, 1.82) is 0 Å². The summed E-state index contributed by atoms with van der Waals surface area (Å²) in [5.41, 5.74) is 3.18. The number of nitrogens with zero attached hydrogens (tertiary/aromatic N) is 1. The molecule has 19 heavy (non-hydrogen) atoms. The summed E-state index contributed by atoms with van der Waals surface area (Å²) in [6.45, 7) is 2.35. The predicted molar refractivity (Wildman–Crippen MR) is 77.6 cm³/mol. The fraction of sp³-hybridized carbons (Fsp3) is 0.733. The van der Waals surface area contributed by atoms with Crippen LogP contribution in [-0.2, 0) is 6.42 Å². The Hall–Kier alpha value is -0.840. The van der Waals surface area contributed by atoms with E-state index in [0.29, 0.717) is 0 Å². The lowest BCUT2D eigenvalue weighted by molar-refractivity contribution is 0.0356. The highest BCUT2D eigenvalue weighted by Gasteiger charge is 2.43. The van der Waals surface area contributed by atoms with Crippen molar-refractivity contribution in [1.82, 2.24) is 10.3 Å². The molecule has 1 aromatic rings. The van der Waals surface area contributed by atoms with Gasteiger partial charge in [-0.05, 0) is 45.0 Å². The van der Waals surface area contributed by atoms with E-state index in [-0.39, 0.29) is 11.6 Å². The predicted octanol–water partition coefficient (Wildman–Crippen LogP) is 2.16. The van der Waals surface area contributed by atoms with Gasteiger partial charge in [0.2, 0.25) is 0 Å². The first kappa shape index (κ1) is 14.6. The van der Waals surface area contributed by atoms with Crippen LogP contribution in [0.15, 0.2) is 22.8 Å². The minimum atomic E-state index is 0.124. The van der Waals surface area contributed by atoms with E-state index < -0.39 is 0 Å². The zero-order valence-corrected chi connectivity index (χ0v) is 12.4. The normalized spacial score (nSPS) is 29.6. The third-order valence-electron chi connectivity index (χ3n) is 4.73. The third kappa shape index (κ3) is 3.02. The van der Waals surface area contributed by atoms with Gasteiger partial charge in [-0.3, -0.25) is 11.3 Å². The van der Waals surface area contributed by atoms with Crippen LogP contribution in [0.5, 0.6) is 0 Å². The van der Waals surface area contributed by atoms with Gasteiger partial charge < -0.3 is 9.32 Å². The van der Waals surface area contributed by atoms with Gasteiger partial charge >= 0.3 is 0 Å². The van der Waals surface area contributed by atoms with E-state index in [4.69, 9.17) is 10.3 Å². The lowest BCUT2D eigenvalue weighted by Gasteiger charge is -2.49. The van der Waals surface area contributed by atoms with Gasteiger partial charge in [0.15, 0.2) is 0 Å². The second kappa shape index (κ2) is 6.07. The Bertz CT molecular complexity index is 377. The van der Waals surface area contributed by atoms with Crippen molar-refractivity contribution < 1.29 is 4.42 Å². The molecule has 1 aromatic heterocycles. The molecule has 1 fully saturated rings. The molecule has 3 N–H and O–H groups in total. The average Bonchev–Trinajstić information content (AvgIpc) is 2.88. The molecular formula is C15H27N3O. The summed E-state index contributed by atoms with van der Waals surface area (Å²) in [4.78, 5) is 2.36. The van der Waals surface area contributed by atoms with Gasteiger partial charge in [0.1, 0.15) is 5.76 Å². The van der Waals surface area contributed by atoms with E-state index in [9.17, 15) is 0 Å². The summed E-state index contributed by atoms with van der Waals surface area (Å²) in [6, 6.07) is 4.19. The smallest absolute Gasteiger partial charge is 0.105 e. The maximum absolute atomic E-state index is 5.87. The van der Waals surface area contributed by atoms with Gasteiger partial charge in [0.05, 0.1) is 6.26 Å². The third-order valence-corrected chi connectivity index (χ3v) is 4.73. The Morgan fingerprint density at radius 1 is 1.58 bits per heavy atom. The van der Waals surface area contributed by atoms with Crippen LogP contribution in [0.4, 0.5) is 0 Å². The van der Waals surface area contributed by atoms with Gasteiger partial charge in [-0.1, -0.05) is 19.8 Å². The molecule has 0 radical (unpaired) electrons. The largest absolute Gasteiger partial charge is 0.469 e. The maximum Gasteiger partial charge on any atom is 0.105 e. The highest BCUT2D eigenvalue weighted by atomic mass is 16.3. The Balaban J connectivity index is 2.20. The lowest BCUT2D eigenvalue weighted by Crippen LogP contribution is -2.63. The van der Waals surface area contributed by atoms with Crippen LogP contribution in [0.1, 0.15) is 38.4 Å². The maximum atomic E-state index is 5.87. The fourth-order valence-corrected chi connectivity index (χ4v) is 3.63. The molecule has 1 aliphatic rings. The number of nitrogens with two attached hydrogens (primary N) is 1. The minimum absolute atomic E-state index is 0.124. The van der Waals surface area contributed by atoms with E-state index in [2.05, 4.69) is 31.3 Å². The Kier molecular flexibility index (Phi) is 4.66. The van der Waals surface area contributed by atoms with Crippen LogP contribution >= 0.6 is 0 Å². The summed E-state index contributed by atoms with van der Waals surface area (Å²) >= 11 is 0. The molecule has 3 unspecified atom stereocenters. The number of rotatable bonds is 5. The van der Waals surface area contributed by atoms with Gasteiger partial charge in [0.25, 0.3) is 0 Å². The van der Waals surface area contributed by atoms with Gasteiger partial charge in [-0.2, -0.15) is 0 Å². The molecule has 1 aliphatic carbocycles. The molecule has 4 nitrogen and oxygen atoms in total. The average molecular weight is 265 g/mol. The van der Waals surface area contributed by atoms with Crippen LogP contribution in [0, 0.1) is 5.92 Å². The number of likely N-dealkylation sites (N-methyl/N-ethyl adjacent to an activating group) is 1. The Morgan fingerprint density at radius 3 is 2.89 bits per heavy atom. The van der Waals surface area contributed by atoms with E-state index in [1.54, 1.807) is 6.26 Å². The van der Waals surface area contributed by atoms with Crippen molar-refractivity contribution in [3.05, 3.63) is 24.2 Å². The SMILES string of the molecule is CC1CCCC(C(Cc2ccco2)NN)(N(C)C)C1. The molecule has 2 rings (SSSR count). The highest BCUT2D eigenvalue weighted by molar-refractivity contribution is 5.08. The summed E-state index contributed by atoms with van der Waals surface area (Å²) in [6.07, 6.45) is 7.56. The molecule has 0 spiro atoms. The highest BCUT2D eigenvalue weighted by Crippen LogP contribution is 2.38. The van der Waals surface area contributed by atoms with Crippen molar-refractivity contribution >= 4 is 0 Å². The van der Waals surface area contributed by atoms with Gasteiger partial charge in [-0.25, -0.2) is 0 Å². The topological polar surface area (TPSA) is 54.4 Å². The van der Waals surface area contributed by atoms with Crippen LogP contribution < -0.4 is 11.3 Å². The second-order valence-corrected chi connectivity index (χ2v) is 6.20. The van der Waals surface area contributed by atoms with Gasteiger partial charge in [-0.15, -0.1) is 0 Å². The summed E-state index contributed by atoms with van der Waals surface area (Å²) < 4.78 is 5.49. The minimum Gasteiger partial charge on any atom is -0.469 e. The van der Waals surface area contributed by atoms with Crippen molar-refractivity contribution in [2.45, 2.75) is 50.6 Å². The van der Waals surface area contributed by atoms with Crippen molar-refractivity contribution in [2.24, 2.45) is 11.8 Å². The first-order valence-corrected chi connectivity index (χ1v) is 7.24. The van der Waals surface area contributed by atoms with Gasteiger partial charge in [0, 0.05) is 18.0 Å². The first-order chi connectivity index (χ1) is 9.08. The monoisotopic (exact) mass is 265 g/mol. The van der Waals surface area contributed by atoms with Crippen molar-refractivity contribution in [3.8, 4) is 0 Å². The molecule has 1 heterocycles. The standard InChI is InChI=1S/C15H27N3O/c1-12-6-4-8-15(11-12,18(2)3)14(17-16)10-13-7-5-9-19-13/h5,7,9,12,14,17H,4,6,8,10-11,16H2,1-3H3. The quantitative estimate of drug-likeness (QED) is 0.633. The van der Waals surface area contributed by atoms with E-state index in [1.165, 1.54) is 25.7 Å². The molecule has 108 valence electrons. The number of hydrogen-bond donors (Lipinski definition) is 2. The number of nitrogens with one attached hydrogen (secondary N) is 1. The second-order valence-electron chi connectivity index (χ2n) is 6.20. The zero-order chi connectivity index (χ0) is 13.9. The number of furan rings is 1. The van der Waals surface area contributed by atoms with Crippen LogP contribution in [0.3, 0.4) is 0 Å². The molecular weight excluding hydrogens is 238 g/mol. The van der Waals surface area contributed by atoms with Crippen LogP contribution in [0.2, 0.25) is 0 Å². The van der Waals surface area contributed by atoms with E-state index in [1.807, 2.05) is 12.1 Å². The molecule has 0 amide bonds. The molecule has 4 heteroatoms. The van der Waals surface area contributed by atoms with Crippen LogP contribution in [-0.4, -0.2) is 30.6 Å². The molecule has 0 bridgehead atoms. The van der Waals surface area contributed by atoms with E-state index >= 15 is 0 Å². The Labute approximate surface area is 116 Å². The van der Waals surface area contributed by atoms with E-state index in [0.717, 1.165) is 18.1 Å². The first-order valence-electron chi connectivity index (χ1n) is 7.24. The molecule has 0 aliphatic heterocycles. The number of hydrogen-bond acceptors (Lipinski definition) is 4. The summed E-state index contributed by atoms with van der Waals surface area (Å²) in [7, 11) is 4.34. The van der Waals surface area contributed by atoms with Crippen molar-refractivity contribution in [2.75, 3.05) is 14.1 Å². The summed E-state index contributed by atoms with van der Waals surface area (Å²) in [5.74, 6) is 7.63. The fourth-order valence-electron chi connectivity index (χ4n) is 3.63. The molecule has 3 atom stereocenters. The number of hydrazine groups is 1. The summed E-state index contributed by atoms with van der Waals surface area (Å²) in [5, 5.41) is 0. The Morgan fingerprint density at radius 2 is 2.37 bits per heavy atom. The zero-order valence-electron chi connectivity index (χ0n) is 12.4. The van der Waals surface area contributed by atoms with Crippen LogP contribution in [0.25, 0.3) is 0 Å². The molecule has 0 aromatic carbocycles. The van der Waals surface area contributed by atoms with Crippen molar-refractivity contribution in [3.63, 3.8) is 0 Å². The molecule has 1 saturated carbocycles.